The van der Waals surface area contributed by atoms with Gasteiger partial charge in [0.05, 0.1) is 13.7 Å². The number of ether oxygens (including phenoxy) is 2. The number of hydrogen-bond acceptors (Lipinski definition) is 3. The van der Waals surface area contributed by atoms with Crippen molar-refractivity contribution in [1.82, 2.24) is 5.32 Å². The van der Waals surface area contributed by atoms with Crippen molar-refractivity contribution >= 4 is 0 Å². The number of benzene rings is 1. The van der Waals surface area contributed by atoms with Crippen LogP contribution < -0.4 is 10.1 Å². The summed E-state index contributed by atoms with van der Waals surface area (Å²) in [6.07, 6.45) is -0.0184. The Kier molecular flexibility index (Phi) is 2.67. The van der Waals surface area contributed by atoms with Gasteiger partial charge in [-0.15, -0.1) is 0 Å². The predicted molar refractivity (Wildman–Crippen MR) is 58.9 cm³/mol. The summed E-state index contributed by atoms with van der Waals surface area (Å²) in [6.45, 7) is 5.00. The average molecular weight is 207 g/mol. The van der Waals surface area contributed by atoms with Crippen LogP contribution in [0, 0.1) is 0 Å². The normalized spacial score (nSPS) is 24.1. The topological polar surface area (TPSA) is 30.5 Å². The standard InChI is InChI=1S/C12H17NO2/c1-12(2)8-15-11(13-12)9-5-4-6-10(7-9)14-3/h4-7,11,13H,8H2,1-3H3. The number of rotatable bonds is 2. The van der Waals surface area contributed by atoms with Gasteiger partial charge in [-0.3, -0.25) is 5.32 Å². The highest BCUT2D eigenvalue weighted by atomic mass is 16.5. The second kappa shape index (κ2) is 3.83. The van der Waals surface area contributed by atoms with Crippen molar-refractivity contribution in [1.29, 1.82) is 0 Å². The van der Waals surface area contributed by atoms with E-state index in [4.69, 9.17) is 9.47 Å². The molecule has 82 valence electrons. The summed E-state index contributed by atoms with van der Waals surface area (Å²) in [6, 6.07) is 7.95. The molecule has 0 radical (unpaired) electrons. The first-order valence-electron chi connectivity index (χ1n) is 5.14. The van der Waals surface area contributed by atoms with Gasteiger partial charge in [0.25, 0.3) is 0 Å². The summed E-state index contributed by atoms with van der Waals surface area (Å²) < 4.78 is 10.9. The molecule has 1 fully saturated rings. The van der Waals surface area contributed by atoms with Crippen LogP contribution in [0.4, 0.5) is 0 Å². The predicted octanol–water partition coefficient (Wildman–Crippen LogP) is 2.09. The van der Waals surface area contributed by atoms with Gasteiger partial charge >= 0.3 is 0 Å². The molecule has 1 aliphatic heterocycles. The van der Waals surface area contributed by atoms with Crippen molar-refractivity contribution in [3.63, 3.8) is 0 Å². The molecule has 1 atom stereocenters. The van der Waals surface area contributed by atoms with Crippen LogP contribution in [-0.2, 0) is 4.74 Å². The fraction of sp³-hybridized carbons (Fsp3) is 0.500. The van der Waals surface area contributed by atoms with Crippen LogP contribution in [-0.4, -0.2) is 19.3 Å². The molecule has 1 heterocycles. The highest BCUT2D eigenvalue weighted by Crippen LogP contribution is 2.27. The van der Waals surface area contributed by atoms with Crippen LogP contribution in [0.5, 0.6) is 5.75 Å². The summed E-state index contributed by atoms with van der Waals surface area (Å²) in [5, 5.41) is 3.42. The fourth-order valence-corrected chi connectivity index (χ4v) is 1.71. The van der Waals surface area contributed by atoms with Crippen LogP contribution >= 0.6 is 0 Å². The molecular weight excluding hydrogens is 190 g/mol. The first-order chi connectivity index (χ1) is 7.11. The van der Waals surface area contributed by atoms with Gasteiger partial charge in [-0.05, 0) is 31.5 Å². The third-order valence-electron chi connectivity index (χ3n) is 2.53. The van der Waals surface area contributed by atoms with Gasteiger partial charge in [0, 0.05) is 5.54 Å². The van der Waals surface area contributed by atoms with Crippen LogP contribution in [0.1, 0.15) is 25.6 Å². The van der Waals surface area contributed by atoms with Gasteiger partial charge in [-0.2, -0.15) is 0 Å². The van der Waals surface area contributed by atoms with Gasteiger partial charge in [0.2, 0.25) is 0 Å². The summed E-state index contributed by atoms with van der Waals surface area (Å²) in [5.41, 5.74) is 1.16. The maximum absolute atomic E-state index is 5.69. The first kappa shape index (κ1) is 10.5. The Labute approximate surface area is 90.4 Å². The number of methoxy groups -OCH3 is 1. The highest BCUT2D eigenvalue weighted by molar-refractivity contribution is 5.30. The summed E-state index contributed by atoms with van der Waals surface area (Å²) in [4.78, 5) is 0. The van der Waals surface area contributed by atoms with E-state index >= 15 is 0 Å². The maximum Gasteiger partial charge on any atom is 0.135 e. The number of nitrogens with one attached hydrogen (secondary N) is 1. The summed E-state index contributed by atoms with van der Waals surface area (Å²) in [5.74, 6) is 0.864. The molecule has 0 saturated carbocycles. The number of hydrogen-bond donors (Lipinski definition) is 1. The maximum atomic E-state index is 5.69. The van der Waals surface area contributed by atoms with Gasteiger partial charge < -0.3 is 9.47 Å². The van der Waals surface area contributed by atoms with E-state index in [0.29, 0.717) is 0 Å². The second-order valence-electron chi connectivity index (χ2n) is 4.50. The Hall–Kier alpha value is -1.06. The molecule has 0 bridgehead atoms. The van der Waals surface area contributed by atoms with Gasteiger partial charge in [0.1, 0.15) is 12.0 Å². The van der Waals surface area contributed by atoms with Gasteiger partial charge in [-0.25, -0.2) is 0 Å². The smallest absolute Gasteiger partial charge is 0.135 e. The van der Waals surface area contributed by atoms with E-state index in [1.54, 1.807) is 7.11 Å². The van der Waals surface area contributed by atoms with Crippen molar-refractivity contribution in [3.05, 3.63) is 29.8 Å². The summed E-state index contributed by atoms with van der Waals surface area (Å²) >= 11 is 0. The minimum absolute atomic E-state index is 0.0184. The Morgan fingerprint density at radius 2 is 2.27 bits per heavy atom. The van der Waals surface area contributed by atoms with Crippen molar-refractivity contribution in [3.8, 4) is 5.75 Å². The highest BCUT2D eigenvalue weighted by Gasteiger charge is 2.31. The molecule has 1 N–H and O–H groups in total. The van der Waals surface area contributed by atoms with Crippen LogP contribution in [0.3, 0.4) is 0 Å². The van der Waals surface area contributed by atoms with Crippen molar-refractivity contribution < 1.29 is 9.47 Å². The Balaban J connectivity index is 2.16. The minimum Gasteiger partial charge on any atom is -0.497 e. The van der Waals surface area contributed by atoms with E-state index in [1.165, 1.54) is 0 Å². The molecular formula is C12H17NO2. The van der Waals surface area contributed by atoms with E-state index in [0.717, 1.165) is 17.9 Å². The SMILES string of the molecule is COc1cccc(C2NC(C)(C)CO2)c1. The zero-order valence-electron chi connectivity index (χ0n) is 9.41. The van der Waals surface area contributed by atoms with Crippen molar-refractivity contribution in [2.75, 3.05) is 13.7 Å². The Morgan fingerprint density at radius 1 is 1.47 bits per heavy atom. The molecule has 1 saturated heterocycles. The first-order valence-corrected chi connectivity index (χ1v) is 5.14. The monoisotopic (exact) mass is 207 g/mol. The fourth-order valence-electron chi connectivity index (χ4n) is 1.71. The third-order valence-corrected chi connectivity index (χ3v) is 2.53. The molecule has 2 rings (SSSR count). The molecule has 0 aromatic heterocycles. The van der Waals surface area contributed by atoms with Gasteiger partial charge in [-0.1, -0.05) is 12.1 Å². The van der Waals surface area contributed by atoms with Crippen molar-refractivity contribution in [2.24, 2.45) is 0 Å². The molecule has 0 amide bonds. The molecule has 0 spiro atoms. The van der Waals surface area contributed by atoms with Crippen LogP contribution in [0.2, 0.25) is 0 Å². The molecule has 0 aliphatic carbocycles. The minimum atomic E-state index is -0.0184. The lowest BCUT2D eigenvalue weighted by Gasteiger charge is -2.17. The average Bonchev–Trinajstić information content (AvgIpc) is 2.59. The molecule has 1 aromatic rings. The quantitative estimate of drug-likeness (QED) is 0.805. The van der Waals surface area contributed by atoms with E-state index in [-0.39, 0.29) is 11.8 Å². The molecule has 15 heavy (non-hydrogen) atoms. The van der Waals surface area contributed by atoms with E-state index in [9.17, 15) is 0 Å². The lowest BCUT2D eigenvalue weighted by atomic mass is 10.1. The molecule has 1 aliphatic rings. The van der Waals surface area contributed by atoms with Gasteiger partial charge in [0.15, 0.2) is 0 Å². The Bertz CT molecular complexity index is 349. The molecule has 3 nitrogen and oxygen atoms in total. The van der Waals surface area contributed by atoms with Crippen LogP contribution in [0.15, 0.2) is 24.3 Å². The third kappa shape index (κ3) is 2.30. The van der Waals surface area contributed by atoms with Crippen LogP contribution in [0.25, 0.3) is 0 Å². The van der Waals surface area contributed by atoms with E-state index < -0.39 is 0 Å². The second-order valence-corrected chi connectivity index (χ2v) is 4.50. The molecule has 3 heteroatoms. The zero-order chi connectivity index (χ0) is 10.9. The van der Waals surface area contributed by atoms with E-state index in [1.807, 2.05) is 24.3 Å². The molecule has 1 unspecified atom stereocenters. The largest absolute Gasteiger partial charge is 0.497 e. The van der Waals surface area contributed by atoms with Crippen molar-refractivity contribution in [2.45, 2.75) is 25.6 Å². The summed E-state index contributed by atoms with van der Waals surface area (Å²) in [7, 11) is 1.67. The lowest BCUT2D eigenvalue weighted by molar-refractivity contribution is 0.0987. The van der Waals surface area contributed by atoms with E-state index in [2.05, 4.69) is 19.2 Å². The zero-order valence-corrected chi connectivity index (χ0v) is 9.41. The lowest BCUT2D eigenvalue weighted by Crippen LogP contribution is -2.35. The Morgan fingerprint density at radius 3 is 2.87 bits per heavy atom. The molecule has 1 aromatic carbocycles.